The summed E-state index contributed by atoms with van der Waals surface area (Å²) in [7, 11) is 0. The summed E-state index contributed by atoms with van der Waals surface area (Å²) in [4.78, 5) is 13.6. The van der Waals surface area contributed by atoms with E-state index in [1.54, 1.807) is 0 Å². The van der Waals surface area contributed by atoms with Crippen LogP contribution in [-0.2, 0) is 4.79 Å². The Balaban J connectivity index is 2.01. The summed E-state index contributed by atoms with van der Waals surface area (Å²) < 4.78 is 0. The molecule has 1 fully saturated rings. The molecule has 1 unspecified atom stereocenters. The number of hydrogen-bond acceptors (Lipinski definition) is 2. The van der Waals surface area contributed by atoms with Gasteiger partial charge < -0.3 is 4.79 Å². The van der Waals surface area contributed by atoms with Gasteiger partial charge in [-0.25, -0.2) is 0 Å². The van der Waals surface area contributed by atoms with Crippen molar-refractivity contribution in [3.63, 3.8) is 0 Å². The van der Waals surface area contributed by atoms with Crippen molar-refractivity contribution in [3.8, 4) is 0 Å². The molecule has 1 aliphatic rings. The smallest absolute Gasteiger partial charge is 0.126 e. The van der Waals surface area contributed by atoms with Crippen molar-refractivity contribution in [1.82, 2.24) is 4.90 Å². The number of benzene rings is 2. The maximum absolute atomic E-state index is 11.2. The van der Waals surface area contributed by atoms with E-state index in [1.807, 2.05) is 12.1 Å². The molecule has 0 aromatic heterocycles. The molecule has 108 valence electrons. The van der Waals surface area contributed by atoms with Gasteiger partial charge >= 0.3 is 0 Å². The molecule has 0 spiro atoms. The Bertz CT molecular complexity index is 566. The van der Waals surface area contributed by atoms with E-state index in [-0.39, 0.29) is 17.5 Å². The highest BCUT2D eigenvalue weighted by Crippen LogP contribution is 2.44. The van der Waals surface area contributed by atoms with E-state index in [4.69, 9.17) is 0 Å². The fraction of sp³-hybridized carbons (Fsp3) is 0.316. The molecule has 1 atom stereocenters. The van der Waals surface area contributed by atoms with Crippen molar-refractivity contribution in [2.75, 3.05) is 6.54 Å². The Morgan fingerprint density at radius 2 is 1.48 bits per heavy atom. The standard InChI is InChI=1S/C19H21NO/c1-19(2)17(14-21)13-20(19)18(15-9-5-3-6-10-15)16-11-7-4-8-12-16/h3-12,14,17-18H,13H2,1-2H3. The van der Waals surface area contributed by atoms with E-state index in [1.165, 1.54) is 11.1 Å². The summed E-state index contributed by atoms with van der Waals surface area (Å²) in [5, 5.41) is 0. The van der Waals surface area contributed by atoms with Crippen LogP contribution in [0, 0.1) is 5.92 Å². The first kappa shape index (κ1) is 14.0. The Morgan fingerprint density at radius 1 is 1.00 bits per heavy atom. The van der Waals surface area contributed by atoms with Crippen LogP contribution in [0.2, 0.25) is 0 Å². The van der Waals surface area contributed by atoms with Crippen molar-refractivity contribution < 1.29 is 4.79 Å². The van der Waals surface area contributed by atoms with Gasteiger partial charge in [-0.15, -0.1) is 0 Å². The SMILES string of the molecule is CC1(C)C(C=O)CN1C(c1ccccc1)c1ccccc1. The number of hydrogen-bond donors (Lipinski definition) is 0. The van der Waals surface area contributed by atoms with E-state index in [0.29, 0.717) is 0 Å². The van der Waals surface area contributed by atoms with E-state index in [0.717, 1.165) is 12.8 Å². The van der Waals surface area contributed by atoms with E-state index in [9.17, 15) is 4.79 Å². The van der Waals surface area contributed by atoms with Crippen LogP contribution in [0.4, 0.5) is 0 Å². The molecule has 0 N–H and O–H groups in total. The molecule has 0 bridgehead atoms. The van der Waals surface area contributed by atoms with Crippen molar-refractivity contribution >= 4 is 6.29 Å². The average molecular weight is 279 g/mol. The fourth-order valence-corrected chi connectivity index (χ4v) is 3.24. The summed E-state index contributed by atoms with van der Waals surface area (Å²) in [5.74, 6) is 0.118. The van der Waals surface area contributed by atoms with Crippen LogP contribution in [0.1, 0.15) is 31.0 Å². The van der Waals surface area contributed by atoms with Crippen LogP contribution in [0.3, 0.4) is 0 Å². The molecule has 0 saturated carbocycles. The molecular weight excluding hydrogens is 258 g/mol. The molecule has 1 heterocycles. The summed E-state index contributed by atoms with van der Waals surface area (Å²) in [6.07, 6.45) is 1.10. The second kappa shape index (κ2) is 5.45. The van der Waals surface area contributed by atoms with Crippen LogP contribution in [0.25, 0.3) is 0 Å². The topological polar surface area (TPSA) is 20.3 Å². The van der Waals surface area contributed by atoms with Crippen molar-refractivity contribution in [2.45, 2.75) is 25.4 Å². The largest absolute Gasteiger partial charge is 0.303 e. The van der Waals surface area contributed by atoms with Crippen molar-refractivity contribution in [3.05, 3.63) is 71.8 Å². The number of aldehydes is 1. The monoisotopic (exact) mass is 279 g/mol. The third-order valence-corrected chi connectivity index (χ3v) is 4.75. The van der Waals surface area contributed by atoms with Gasteiger partial charge in [0.2, 0.25) is 0 Å². The van der Waals surface area contributed by atoms with Gasteiger partial charge in [0, 0.05) is 18.0 Å². The van der Waals surface area contributed by atoms with Gasteiger partial charge in [0.25, 0.3) is 0 Å². The fourth-order valence-electron chi connectivity index (χ4n) is 3.24. The summed E-state index contributed by atoms with van der Waals surface area (Å²) in [6, 6.07) is 21.3. The Morgan fingerprint density at radius 3 is 1.86 bits per heavy atom. The second-order valence-electron chi connectivity index (χ2n) is 6.27. The lowest BCUT2D eigenvalue weighted by Crippen LogP contribution is -2.65. The van der Waals surface area contributed by atoms with Gasteiger partial charge in [-0.2, -0.15) is 0 Å². The quantitative estimate of drug-likeness (QED) is 0.796. The first-order chi connectivity index (χ1) is 10.1. The van der Waals surface area contributed by atoms with Gasteiger partial charge in [0.15, 0.2) is 0 Å². The molecule has 3 rings (SSSR count). The third kappa shape index (κ3) is 2.40. The molecule has 2 aromatic carbocycles. The summed E-state index contributed by atoms with van der Waals surface area (Å²) in [5.41, 5.74) is 2.46. The highest BCUT2D eigenvalue weighted by Gasteiger charge is 2.49. The van der Waals surface area contributed by atoms with Gasteiger partial charge in [0.1, 0.15) is 6.29 Å². The highest BCUT2D eigenvalue weighted by atomic mass is 16.1. The number of rotatable bonds is 4. The normalized spacial score (nSPS) is 21.0. The number of carbonyl (C=O) groups excluding carboxylic acids is 1. The maximum Gasteiger partial charge on any atom is 0.126 e. The Kier molecular flexibility index (Phi) is 3.64. The zero-order chi connectivity index (χ0) is 14.9. The van der Waals surface area contributed by atoms with Crippen molar-refractivity contribution in [2.24, 2.45) is 5.92 Å². The number of nitrogens with zero attached hydrogens (tertiary/aromatic N) is 1. The van der Waals surface area contributed by atoms with Gasteiger partial charge in [0.05, 0.1) is 6.04 Å². The molecule has 1 saturated heterocycles. The van der Waals surface area contributed by atoms with Crippen LogP contribution in [-0.4, -0.2) is 23.3 Å². The minimum absolute atomic E-state index is 0.0991. The summed E-state index contributed by atoms with van der Waals surface area (Å²) in [6.45, 7) is 5.15. The molecule has 0 aliphatic carbocycles. The number of carbonyl (C=O) groups is 1. The molecule has 2 heteroatoms. The highest BCUT2D eigenvalue weighted by molar-refractivity contribution is 5.59. The zero-order valence-electron chi connectivity index (χ0n) is 12.6. The predicted octanol–water partition coefficient (Wildman–Crippen LogP) is 3.69. The molecule has 0 amide bonds. The molecule has 1 aliphatic heterocycles. The van der Waals surface area contributed by atoms with Crippen LogP contribution in [0.5, 0.6) is 0 Å². The van der Waals surface area contributed by atoms with Gasteiger partial charge in [-0.1, -0.05) is 60.7 Å². The van der Waals surface area contributed by atoms with E-state index < -0.39 is 0 Å². The second-order valence-corrected chi connectivity index (χ2v) is 6.27. The molecule has 2 aromatic rings. The zero-order valence-corrected chi connectivity index (χ0v) is 12.6. The Labute approximate surface area is 126 Å². The minimum Gasteiger partial charge on any atom is -0.303 e. The average Bonchev–Trinajstić information content (AvgIpc) is 2.52. The van der Waals surface area contributed by atoms with Crippen molar-refractivity contribution in [1.29, 1.82) is 0 Å². The van der Waals surface area contributed by atoms with Crippen LogP contribution >= 0.6 is 0 Å². The first-order valence-electron chi connectivity index (χ1n) is 7.46. The Hall–Kier alpha value is -1.93. The van der Waals surface area contributed by atoms with E-state index in [2.05, 4.69) is 67.3 Å². The lowest BCUT2D eigenvalue weighted by Gasteiger charge is -2.56. The lowest BCUT2D eigenvalue weighted by atomic mass is 9.74. The molecule has 0 radical (unpaired) electrons. The third-order valence-electron chi connectivity index (χ3n) is 4.75. The van der Waals surface area contributed by atoms with E-state index >= 15 is 0 Å². The van der Waals surface area contributed by atoms with Crippen LogP contribution < -0.4 is 0 Å². The lowest BCUT2D eigenvalue weighted by molar-refractivity contribution is -0.131. The molecule has 2 nitrogen and oxygen atoms in total. The molecule has 21 heavy (non-hydrogen) atoms. The maximum atomic E-state index is 11.2. The predicted molar refractivity (Wildman–Crippen MR) is 85.1 cm³/mol. The van der Waals surface area contributed by atoms with Gasteiger partial charge in [-0.3, -0.25) is 4.90 Å². The van der Waals surface area contributed by atoms with Crippen LogP contribution in [0.15, 0.2) is 60.7 Å². The van der Waals surface area contributed by atoms with Gasteiger partial charge in [-0.05, 0) is 25.0 Å². The number of likely N-dealkylation sites (tertiary alicyclic amines) is 1. The molecular formula is C19H21NO. The minimum atomic E-state index is -0.0991. The summed E-state index contributed by atoms with van der Waals surface area (Å²) >= 11 is 0. The first-order valence-corrected chi connectivity index (χ1v) is 7.46.